The summed E-state index contributed by atoms with van der Waals surface area (Å²) in [5, 5.41) is 15.4. The summed E-state index contributed by atoms with van der Waals surface area (Å²) in [4.78, 5) is 41.3. The van der Waals surface area contributed by atoms with Gasteiger partial charge in [-0.3, -0.25) is 4.79 Å². The molecule has 0 aliphatic rings. The molecule has 9 heteroatoms. The molecule has 206 valence electrons. The molecular weight excluding hydrogens is 544 g/mol. The molecule has 0 spiro atoms. The van der Waals surface area contributed by atoms with Gasteiger partial charge in [-0.15, -0.1) is 0 Å². The molecule has 0 fully saturated rings. The van der Waals surface area contributed by atoms with Crippen LogP contribution in [-0.4, -0.2) is 28.0 Å². The number of carbonyl (C=O) groups excluding carboxylic acids is 1. The van der Waals surface area contributed by atoms with Gasteiger partial charge in [0.25, 0.3) is 0 Å². The van der Waals surface area contributed by atoms with E-state index in [-0.39, 0.29) is 18.4 Å². The number of carbonyl (C=O) groups is 2. The molecule has 6 aromatic rings. The zero-order valence-electron chi connectivity index (χ0n) is 22.2. The molecule has 1 amide bonds. The fourth-order valence-electron chi connectivity index (χ4n) is 5.38. The van der Waals surface area contributed by atoms with Gasteiger partial charge in [-0.1, -0.05) is 41.9 Å². The number of amides is 1. The van der Waals surface area contributed by atoms with Crippen LogP contribution >= 0.6 is 11.6 Å². The van der Waals surface area contributed by atoms with E-state index in [0.29, 0.717) is 32.7 Å². The number of H-pyrrole nitrogens is 1. The summed E-state index contributed by atoms with van der Waals surface area (Å²) in [6, 6.07) is 15.6. The van der Waals surface area contributed by atoms with E-state index < -0.39 is 23.5 Å². The van der Waals surface area contributed by atoms with Crippen LogP contribution in [0.5, 0.6) is 0 Å². The minimum absolute atomic E-state index is 0.0849. The zero-order chi connectivity index (χ0) is 28.8. The Morgan fingerprint density at radius 2 is 1.76 bits per heavy atom. The number of aromatic amines is 1. The van der Waals surface area contributed by atoms with Crippen LogP contribution in [0.2, 0.25) is 5.02 Å². The van der Waals surface area contributed by atoms with Crippen molar-refractivity contribution in [1.29, 1.82) is 0 Å². The van der Waals surface area contributed by atoms with Gasteiger partial charge in [0.2, 0.25) is 5.91 Å². The number of benzene rings is 3. The lowest BCUT2D eigenvalue weighted by Gasteiger charge is -2.15. The molecule has 41 heavy (non-hydrogen) atoms. The number of halogens is 1. The highest BCUT2D eigenvalue weighted by Gasteiger charge is 2.25. The first-order valence-corrected chi connectivity index (χ1v) is 13.4. The highest BCUT2D eigenvalue weighted by Crippen LogP contribution is 2.37. The number of aromatic nitrogens is 1. The quantitative estimate of drug-likeness (QED) is 0.194. The number of hydrogen-bond donors (Lipinski definition) is 3. The predicted octanol–water partition coefficient (Wildman–Crippen LogP) is 6.31. The molecular formula is C32H25ClN2O6. The minimum atomic E-state index is -1.18. The van der Waals surface area contributed by atoms with Crippen LogP contribution in [0.1, 0.15) is 22.3 Å². The van der Waals surface area contributed by atoms with Crippen LogP contribution in [0.15, 0.2) is 80.7 Å². The van der Waals surface area contributed by atoms with Gasteiger partial charge in [-0.25, -0.2) is 9.59 Å². The molecule has 0 aliphatic carbocycles. The zero-order valence-corrected chi connectivity index (χ0v) is 23.0. The number of aryl methyl sites for hydroxylation is 2. The van der Waals surface area contributed by atoms with Crippen molar-refractivity contribution in [1.82, 2.24) is 10.3 Å². The van der Waals surface area contributed by atoms with Crippen molar-refractivity contribution < 1.29 is 23.5 Å². The number of fused-ring (bicyclic) bond motifs is 3. The van der Waals surface area contributed by atoms with Crippen LogP contribution in [0, 0.1) is 13.8 Å². The van der Waals surface area contributed by atoms with Crippen LogP contribution in [0.4, 0.5) is 0 Å². The van der Waals surface area contributed by atoms with Crippen LogP contribution < -0.4 is 10.9 Å². The van der Waals surface area contributed by atoms with Gasteiger partial charge in [0, 0.05) is 50.4 Å². The Labute approximate surface area is 238 Å². The average Bonchev–Trinajstić information content (AvgIpc) is 3.56. The minimum Gasteiger partial charge on any atom is -0.480 e. The number of carboxylic acids is 1. The van der Waals surface area contributed by atoms with E-state index in [1.165, 1.54) is 0 Å². The van der Waals surface area contributed by atoms with Crippen molar-refractivity contribution in [3.63, 3.8) is 0 Å². The predicted molar refractivity (Wildman–Crippen MR) is 157 cm³/mol. The highest BCUT2D eigenvalue weighted by molar-refractivity contribution is 6.30. The second kappa shape index (κ2) is 10.3. The molecule has 0 saturated carbocycles. The fourth-order valence-corrected chi connectivity index (χ4v) is 5.51. The maximum atomic E-state index is 13.1. The first kappa shape index (κ1) is 26.4. The molecule has 3 aromatic carbocycles. The first-order valence-electron chi connectivity index (χ1n) is 13.0. The number of para-hydroxylation sites is 1. The summed E-state index contributed by atoms with van der Waals surface area (Å²) < 4.78 is 11.6. The Kier molecular flexibility index (Phi) is 6.63. The van der Waals surface area contributed by atoms with Crippen molar-refractivity contribution in [2.75, 3.05) is 0 Å². The lowest BCUT2D eigenvalue weighted by Crippen LogP contribution is -2.43. The highest BCUT2D eigenvalue weighted by atomic mass is 35.5. The summed E-state index contributed by atoms with van der Waals surface area (Å²) in [5.74, 6) is -1.76. The van der Waals surface area contributed by atoms with Crippen molar-refractivity contribution in [3.05, 3.63) is 105 Å². The lowest BCUT2D eigenvalue weighted by molar-refractivity contribution is -0.141. The molecule has 0 saturated heterocycles. The Hall–Kier alpha value is -4.82. The van der Waals surface area contributed by atoms with Gasteiger partial charge in [0.15, 0.2) is 0 Å². The van der Waals surface area contributed by atoms with E-state index in [0.717, 1.165) is 33.0 Å². The van der Waals surface area contributed by atoms with Gasteiger partial charge in [-0.2, -0.15) is 0 Å². The van der Waals surface area contributed by atoms with Crippen molar-refractivity contribution in [2.45, 2.75) is 32.7 Å². The molecule has 6 rings (SSSR count). The normalized spacial score (nSPS) is 12.3. The SMILES string of the molecule is Cc1c(CC(=O)NC(Cc2c[nH]c3ccccc23)C(=O)O)c(=O)oc2c(C)c3occ(-c4ccc(Cl)cc4)c3cc12. The third kappa shape index (κ3) is 4.76. The van der Waals surface area contributed by atoms with Gasteiger partial charge in [-0.05, 0) is 54.8 Å². The fraction of sp³-hybridized carbons (Fsp3) is 0.156. The number of rotatable bonds is 7. The lowest BCUT2D eigenvalue weighted by atomic mass is 9.97. The molecule has 0 bridgehead atoms. The van der Waals surface area contributed by atoms with E-state index in [2.05, 4.69) is 10.3 Å². The summed E-state index contributed by atoms with van der Waals surface area (Å²) in [5.41, 5.74) is 5.16. The Morgan fingerprint density at radius 1 is 1.00 bits per heavy atom. The van der Waals surface area contributed by atoms with Crippen LogP contribution in [0.25, 0.3) is 44.0 Å². The van der Waals surface area contributed by atoms with E-state index in [1.54, 1.807) is 31.5 Å². The maximum absolute atomic E-state index is 13.1. The van der Waals surface area contributed by atoms with E-state index in [9.17, 15) is 19.5 Å². The molecule has 0 aliphatic heterocycles. The Morgan fingerprint density at radius 3 is 2.51 bits per heavy atom. The standard InChI is InChI=1S/C32H25ClN2O6/c1-16-22-12-24-25(18-7-9-20(33)10-8-18)15-40-29(24)17(2)30(22)41-32(39)23(16)13-28(36)35-27(31(37)38)11-19-14-34-26-6-4-3-5-21(19)26/h3-10,12,14-15,27,34H,11,13H2,1-2H3,(H,35,36)(H,37,38). The summed E-state index contributed by atoms with van der Waals surface area (Å²) >= 11 is 6.06. The second-order valence-electron chi connectivity index (χ2n) is 10.1. The molecule has 0 radical (unpaired) electrons. The Balaban J connectivity index is 1.33. The van der Waals surface area contributed by atoms with E-state index >= 15 is 0 Å². The average molecular weight is 569 g/mol. The summed E-state index contributed by atoms with van der Waals surface area (Å²) in [7, 11) is 0. The van der Waals surface area contributed by atoms with Gasteiger partial charge >= 0.3 is 11.6 Å². The van der Waals surface area contributed by atoms with Crippen molar-refractivity contribution in [3.8, 4) is 11.1 Å². The topological polar surface area (TPSA) is 126 Å². The van der Waals surface area contributed by atoms with Crippen LogP contribution in [0.3, 0.4) is 0 Å². The third-order valence-electron chi connectivity index (χ3n) is 7.57. The summed E-state index contributed by atoms with van der Waals surface area (Å²) in [6.45, 7) is 3.58. The largest absolute Gasteiger partial charge is 0.480 e. The molecule has 3 heterocycles. The van der Waals surface area contributed by atoms with Crippen molar-refractivity contribution >= 4 is 56.3 Å². The second-order valence-corrected chi connectivity index (χ2v) is 10.5. The van der Waals surface area contributed by atoms with Gasteiger partial charge < -0.3 is 24.2 Å². The molecule has 1 atom stereocenters. The number of aliphatic carboxylic acids is 1. The molecule has 8 nitrogen and oxygen atoms in total. The smallest absolute Gasteiger partial charge is 0.340 e. The van der Waals surface area contributed by atoms with E-state index in [4.69, 9.17) is 20.4 Å². The van der Waals surface area contributed by atoms with Crippen molar-refractivity contribution in [2.24, 2.45) is 0 Å². The van der Waals surface area contributed by atoms with E-state index in [1.807, 2.05) is 49.4 Å². The van der Waals surface area contributed by atoms with Crippen LogP contribution in [-0.2, 0) is 22.4 Å². The monoisotopic (exact) mass is 568 g/mol. The first-order chi connectivity index (χ1) is 19.7. The maximum Gasteiger partial charge on any atom is 0.340 e. The number of nitrogens with one attached hydrogen (secondary N) is 2. The summed E-state index contributed by atoms with van der Waals surface area (Å²) in [6.07, 6.45) is 3.16. The Bertz CT molecular complexity index is 2030. The van der Waals surface area contributed by atoms with Gasteiger partial charge in [0.05, 0.1) is 18.2 Å². The number of carboxylic acid groups (broad SMARTS) is 1. The number of furan rings is 1. The molecule has 3 N–H and O–H groups in total. The molecule has 1 unspecified atom stereocenters. The third-order valence-corrected chi connectivity index (χ3v) is 7.82. The molecule has 3 aromatic heterocycles. The number of hydrogen-bond acceptors (Lipinski definition) is 5. The van der Waals surface area contributed by atoms with Gasteiger partial charge in [0.1, 0.15) is 17.2 Å².